The van der Waals surface area contributed by atoms with Crippen molar-refractivity contribution >= 4 is 5.82 Å². The van der Waals surface area contributed by atoms with Crippen molar-refractivity contribution in [3.05, 3.63) is 41.3 Å². The predicted molar refractivity (Wildman–Crippen MR) is 71.2 cm³/mol. The summed E-state index contributed by atoms with van der Waals surface area (Å²) in [6.07, 6.45) is 0.889. The molecule has 0 bridgehead atoms. The molecule has 3 rings (SSSR count). The predicted octanol–water partition coefficient (Wildman–Crippen LogP) is 2.74. The number of aromatic nitrogens is 2. The summed E-state index contributed by atoms with van der Waals surface area (Å²) in [6, 6.07) is 7.19. The highest BCUT2D eigenvalue weighted by Gasteiger charge is 2.23. The van der Waals surface area contributed by atoms with Gasteiger partial charge in [-0.25, -0.2) is 9.07 Å². The molecule has 0 amide bonds. The first-order chi connectivity index (χ1) is 9.19. The second kappa shape index (κ2) is 4.57. The largest absolute Gasteiger partial charge is 0.494 e. The number of benzene rings is 1. The Balaban J connectivity index is 2.01. The van der Waals surface area contributed by atoms with Crippen LogP contribution >= 0.6 is 0 Å². The minimum Gasteiger partial charge on any atom is -0.494 e. The van der Waals surface area contributed by atoms with Crippen molar-refractivity contribution in [2.24, 2.45) is 0 Å². The summed E-state index contributed by atoms with van der Waals surface area (Å²) in [6.45, 7) is 2.82. The number of hydrogen-bond donors (Lipinski definition) is 1. The van der Waals surface area contributed by atoms with Gasteiger partial charge in [0, 0.05) is 12.6 Å². The summed E-state index contributed by atoms with van der Waals surface area (Å²) in [7, 11) is 1.47. The van der Waals surface area contributed by atoms with E-state index in [0.29, 0.717) is 0 Å². The van der Waals surface area contributed by atoms with Crippen molar-refractivity contribution in [3.8, 4) is 5.75 Å². The first-order valence-electron chi connectivity index (χ1n) is 6.32. The second-order valence-corrected chi connectivity index (χ2v) is 4.74. The van der Waals surface area contributed by atoms with E-state index in [1.165, 1.54) is 13.2 Å². The van der Waals surface area contributed by atoms with Gasteiger partial charge < -0.3 is 10.1 Å². The Labute approximate surface area is 111 Å². The molecule has 0 saturated carbocycles. The SMILES string of the molecule is COc1ccc(C2CCNc3cc(C)nn32)cc1F. The van der Waals surface area contributed by atoms with Crippen molar-refractivity contribution < 1.29 is 9.13 Å². The van der Waals surface area contributed by atoms with Crippen molar-refractivity contribution in [3.63, 3.8) is 0 Å². The quantitative estimate of drug-likeness (QED) is 0.903. The van der Waals surface area contributed by atoms with Crippen molar-refractivity contribution in [2.75, 3.05) is 19.0 Å². The summed E-state index contributed by atoms with van der Waals surface area (Å²) in [5.41, 5.74) is 1.88. The van der Waals surface area contributed by atoms with Crippen molar-refractivity contribution in [2.45, 2.75) is 19.4 Å². The van der Waals surface area contributed by atoms with Gasteiger partial charge in [0.1, 0.15) is 5.82 Å². The second-order valence-electron chi connectivity index (χ2n) is 4.74. The lowest BCUT2D eigenvalue weighted by atomic mass is 10.0. The van der Waals surface area contributed by atoms with Crippen LogP contribution < -0.4 is 10.1 Å². The standard InChI is InChI=1S/C14H16FN3O/c1-9-7-14-16-6-5-12(18(14)17-9)10-3-4-13(19-2)11(15)8-10/h3-4,7-8,12,16H,5-6H2,1-2H3. The lowest BCUT2D eigenvalue weighted by Crippen LogP contribution is -2.24. The molecule has 1 atom stereocenters. The third-order valence-electron chi connectivity index (χ3n) is 3.44. The van der Waals surface area contributed by atoms with Crippen LogP contribution in [0.5, 0.6) is 5.75 Å². The molecule has 0 aliphatic carbocycles. The van der Waals surface area contributed by atoms with Crippen LogP contribution in [0, 0.1) is 12.7 Å². The number of hydrogen-bond acceptors (Lipinski definition) is 3. The minimum absolute atomic E-state index is 0.0744. The molecule has 1 N–H and O–H groups in total. The number of methoxy groups -OCH3 is 1. The normalized spacial score (nSPS) is 17.7. The maximum atomic E-state index is 13.8. The Morgan fingerprint density at radius 1 is 1.42 bits per heavy atom. The molecule has 2 aromatic rings. The van der Waals surface area contributed by atoms with Crippen LogP contribution in [0.3, 0.4) is 0 Å². The highest BCUT2D eigenvalue weighted by atomic mass is 19.1. The molecule has 1 unspecified atom stereocenters. The van der Waals surface area contributed by atoms with Gasteiger partial charge in [0.15, 0.2) is 11.6 Å². The van der Waals surface area contributed by atoms with E-state index in [4.69, 9.17) is 4.74 Å². The molecular weight excluding hydrogens is 245 g/mol. The molecule has 0 radical (unpaired) electrons. The fourth-order valence-corrected chi connectivity index (χ4v) is 2.54. The molecule has 1 aliphatic heterocycles. The maximum absolute atomic E-state index is 13.8. The van der Waals surface area contributed by atoms with E-state index in [0.717, 1.165) is 30.0 Å². The average molecular weight is 261 g/mol. The third kappa shape index (κ3) is 2.05. The number of nitrogens with one attached hydrogen (secondary N) is 1. The van der Waals surface area contributed by atoms with E-state index in [-0.39, 0.29) is 17.6 Å². The summed E-state index contributed by atoms with van der Waals surface area (Å²) >= 11 is 0. The lowest BCUT2D eigenvalue weighted by Gasteiger charge is -2.26. The van der Waals surface area contributed by atoms with Crippen LogP contribution in [0.25, 0.3) is 0 Å². The van der Waals surface area contributed by atoms with Crippen LogP contribution in [0.1, 0.15) is 23.7 Å². The summed E-state index contributed by atoms with van der Waals surface area (Å²) in [4.78, 5) is 0. The van der Waals surface area contributed by atoms with E-state index in [2.05, 4.69) is 10.4 Å². The van der Waals surface area contributed by atoms with Crippen LogP contribution in [-0.4, -0.2) is 23.4 Å². The number of ether oxygens (including phenoxy) is 1. The van der Waals surface area contributed by atoms with Gasteiger partial charge in [-0.1, -0.05) is 6.07 Å². The van der Waals surface area contributed by atoms with Crippen LogP contribution in [-0.2, 0) is 0 Å². The molecule has 1 aromatic carbocycles. The molecule has 0 spiro atoms. The fraction of sp³-hybridized carbons (Fsp3) is 0.357. The minimum atomic E-state index is -0.330. The van der Waals surface area contributed by atoms with Gasteiger partial charge in [-0.3, -0.25) is 0 Å². The topological polar surface area (TPSA) is 39.1 Å². The van der Waals surface area contributed by atoms with Gasteiger partial charge in [0.05, 0.1) is 18.8 Å². The molecule has 1 aromatic heterocycles. The number of halogens is 1. The highest BCUT2D eigenvalue weighted by Crippen LogP contribution is 2.31. The zero-order valence-electron chi connectivity index (χ0n) is 11.0. The van der Waals surface area contributed by atoms with E-state index in [1.807, 2.05) is 23.7 Å². The molecule has 4 nitrogen and oxygen atoms in total. The zero-order valence-corrected chi connectivity index (χ0v) is 11.0. The van der Waals surface area contributed by atoms with Gasteiger partial charge >= 0.3 is 0 Å². The van der Waals surface area contributed by atoms with E-state index >= 15 is 0 Å². The Bertz CT molecular complexity index is 609. The molecule has 0 saturated heterocycles. The number of aryl methyl sites for hydroxylation is 1. The zero-order chi connectivity index (χ0) is 13.4. The number of fused-ring (bicyclic) bond motifs is 1. The van der Waals surface area contributed by atoms with Crippen molar-refractivity contribution in [1.29, 1.82) is 0 Å². The summed E-state index contributed by atoms with van der Waals surface area (Å²) in [5, 5.41) is 7.78. The van der Waals surface area contributed by atoms with Crippen LogP contribution in [0.15, 0.2) is 24.3 Å². The molecular formula is C14H16FN3O. The van der Waals surface area contributed by atoms with Gasteiger partial charge in [-0.05, 0) is 31.0 Å². The summed E-state index contributed by atoms with van der Waals surface area (Å²) < 4.78 is 20.7. The molecule has 0 fully saturated rings. The average Bonchev–Trinajstić information content (AvgIpc) is 2.78. The van der Waals surface area contributed by atoms with Crippen molar-refractivity contribution in [1.82, 2.24) is 9.78 Å². The van der Waals surface area contributed by atoms with E-state index in [1.54, 1.807) is 6.07 Å². The number of rotatable bonds is 2. The Morgan fingerprint density at radius 3 is 3.00 bits per heavy atom. The molecule has 1 aliphatic rings. The smallest absolute Gasteiger partial charge is 0.165 e. The first kappa shape index (κ1) is 12.0. The van der Waals surface area contributed by atoms with Gasteiger partial charge in [0.25, 0.3) is 0 Å². The van der Waals surface area contributed by atoms with Gasteiger partial charge in [-0.2, -0.15) is 5.10 Å². The Hall–Kier alpha value is -2.04. The van der Waals surface area contributed by atoms with Gasteiger partial charge in [0.2, 0.25) is 0 Å². The monoisotopic (exact) mass is 261 g/mol. The fourth-order valence-electron chi connectivity index (χ4n) is 2.54. The highest BCUT2D eigenvalue weighted by molar-refractivity contribution is 5.42. The van der Waals surface area contributed by atoms with Gasteiger partial charge in [-0.15, -0.1) is 0 Å². The van der Waals surface area contributed by atoms with Crippen LogP contribution in [0.4, 0.5) is 10.2 Å². The number of anilines is 1. The first-order valence-corrected chi connectivity index (χ1v) is 6.32. The Kier molecular flexibility index (Phi) is 2.89. The van der Waals surface area contributed by atoms with E-state index < -0.39 is 0 Å². The van der Waals surface area contributed by atoms with Crippen LogP contribution in [0.2, 0.25) is 0 Å². The molecule has 100 valence electrons. The third-order valence-corrected chi connectivity index (χ3v) is 3.44. The molecule has 5 heteroatoms. The lowest BCUT2D eigenvalue weighted by molar-refractivity contribution is 0.384. The Morgan fingerprint density at radius 2 is 2.26 bits per heavy atom. The van der Waals surface area contributed by atoms with E-state index in [9.17, 15) is 4.39 Å². The summed E-state index contributed by atoms with van der Waals surface area (Å²) in [5.74, 6) is 0.934. The molecule has 19 heavy (non-hydrogen) atoms. The molecule has 2 heterocycles. The maximum Gasteiger partial charge on any atom is 0.165 e. The number of nitrogens with zero attached hydrogens (tertiary/aromatic N) is 2.